The largest absolute Gasteiger partial charge is 0.379 e. The molecule has 2 aliphatic rings. The van der Waals surface area contributed by atoms with Crippen molar-refractivity contribution in [2.75, 3.05) is 36.5 Å². The number of ether oxygens (including phenoxy) is 1. The van der Waals surface area contributed by atoms with Gasteiger partial charge in [-0.3, -0.25) is 0 Å². The van der Waals surface area contributed by atoms with Crippen LogP contribution in [-0.4, -0.2) is 48.2 Å². The second-order valence-corrected chi connectivity index (χ2v) is 6.00. The molecule has 0 aliphatic carbocycles. The maximum atomic E-state index is 13.4. The summed E-state index contributed by atoms with van der Waals surface area (Å²) in [7, 11) is 0. The van der Waals surface area contributed by atoms with Crippen LogP contribution in [0.1, 0.15) is 32.1 Å². The Morgan fingerprint density at radius 3 is 3.00 bits per heavy atom. The molecule has 1 N–H and O–H groups in total. The van der Waals surface area contributed by atoms with Gasteiger partial charge in [-0.25, -0.2) is 13.8 Å². The first-order chi connectivity index (χ1) is 10.6. The van der Waals surface area contributed by atoms with Crippen molar-refractivity contribution in [3.63, 3.8) is 0 Å². The first kappa shape index (κ1) is 15.4. The lowest BCUT2D eigenvalue weighted by Gasteiger charge is -2.25. The molecule has 3 heterocycles. The van der Waals surface area contributed by atoms with Gasteiger partial charge in [-0.05, 0) is 25.3 Å². The number of hydrogen-bond acceptors (Lipinski definition) is 5. The van der Waals surface area contributed by atoms with Crippen LogP contribution in [0.2, 0.25) is 0 Å². The standard InChI is InChI=1S/C15H22F2N4O/c16-15(17)5-2-8-21(9-6-15)14-18-7-4-13(20-14)19-12-3-1-10-22-11-12/h4,7,12H,1-3,5-6,8-11H2,(H,18,19,20). The molecular weight excluding hydrogens is 290 g/mol. The monoisotopic (exact) mass is 312 g/mol. The van der Waals surface area contributed by atoms with Crippen LogP contribution in [0.25, 0.3) is 0 Å². The van der Waals surface area contributed by atoms with Gasteiger partial charge < -0.3 is 15.0 Å². The first-order valence-corrected chi connectivity index (χ1v) is 7.92. The molecule has 22 heavy (non-hydrogen) atoms. The summed E-state index contributed by atoms with van der Waals surface area (Å²) in [5, 5.41) is 3.34. The molecule has 3 rings (SSSR count). The zero-order chi connectivity index (χ0) is 15.4. The van der Waals surface area contributed by atoms with E-state index in [9.17, 15) is 8.78 Å². The number of hydrogen-bond donors (Lipinski definition) is 1. The molecular formula is C15H22F2N4O. The molecule has 2 saturated heterocycles. The van der Waals surface area contributed by atoms with E-state index in [2.05, 4.69) is 15.3 Å². The summed E-state index contributed by atoms with van der Waals surface area (Å²) in [4.78, 5) is 10.6. The quantitative estimate of drug-likeness (QED) is 0.930. The molecule has 122 valence electrons. The predicted octanol–water partition coefficient (Wildman–Crippen LogP) is 2.69. The third-order valence-corrected chi connectivity index (χ3v) is 4.16. The van der Waals surface area contributed by atoms with Crippen LogP contribution < -0.4 is 10.2 Å². The molecule has 1 aromatic rings. The van der Waals surface area contributed by atoms with Gasteiger partial charge in [0, 0.05) is 38.7 Å². The maximum Gasteiger partial charge on any atom is 0.249 e. The van der Waals surface area contributed by atoms with Gasteiger partial charge in [-0.15, -0.1) is 0 Å². The SMILES string of the molecule is FC1(F)CCCN(c2nccc(NC3CCCOC3)n2)CC1. The first-order valence-electron chi connectivity index (χ1n) is 7.92. The van der Waals surface area contributed by atoms with Gasteiger partial charge in [0.15, 0.2) is 0 Å². The van der Waals surface area contributed by atoms with Crippen molar-refractivity contribution in [2.45, 2.75) is 44.1 Å². The number of nitrogens with zero attached hydrogens (tertiary/aromatic N) is 3. The van der Waals surface area contributed by atoms with E-state index >= 15 is 0 Å². The summed E-state index contributed by atoms with van der Waals surface area (Å²) >= 11 is 0. The van der Waals surface area contributed by atoms with Gasteiger partial charge in [-0.1, -0.05) is 0 Å². The van der Waals surface area contributed by atoms with Gasteiger partial charge in [0.25, 0.3) is 0 Å². The molecule has 1 unspecified atom stereocenters. The van der Waals surface area contributed by atoms with E-state index in [1.54, 1.807) is 6.20 Å². The summed E-state index contributed by atoms with van der Waals surface area (Å²) in [6, 6.07) is 2.06. The molecule has 5 nitrogen and oxygen atoms in total. The topological polar surface area (TPSA) is 50.3 Å². The highest BCUT2D eigenvalue weighted by Crippen LogP contribution is 2.29. The van der Waals surface area contributed by atoms with Crippen molar-refractivity contribution in [1.82, 2.24) is 9.97 Å². The second-order valence-electron chi connectivity index (χ2n) is 6.00. The molecule has 1 atom stereocenters. The van der Waals surface area contributed by atoms with Crippen LogP contribution in [0.15, 0.2) is 12.3 Å². The van der Waals surface area contributed by atoms with Crippen LogP contribution in [0, 0.1) is 0 Å². The summed E-state index contributed by atoms with van der Waals surface area (Å²) in [5.74, 6) is -1.31. The Kier molecular flexibility index (Phi) is 4.71. The Hall–Kier alpha value is -1.50. The number of aromatic nitrogens is 2. The van der Waals surface area contributed by atoms with Crippen LogP contribution in [-0.2, 0) is 4.74 Å². The minimum atomic E-state index is -2.57. The fourth-order valence-electron chi connectivity index (χ4n) is 2.91. The van der Waals surface area contributed by atoms with E-state index < -0.39 is 5.92 Å². The van der Waals surface area contributed by atoms with Crippen molar-refractivity contribution in [1.29, 1.82) is 0 Å². The zero-order valence-electron chi connectivity index (χ0n) is 12.6. The lowest BCUT2D eigenvalue weighted by molar-refractivity contribution is -0.0102. The van der Waals surface area contributed by atoms with Crippen LogP contribution in [0.5, 0.6) is 0 Å². The van der Waals surface area contributed by atoms with Gasteiger partial charge in [0.2, 0.25) is 11.9 Å². The summed E-state index contributed by atoms with van der Waals surface area (Å²) in [5.41, 5.74) is 0. The normalized spacial score (nSPS) is 25.5. The number of halogens is 2. The third-order valence-electron chi connectivity index (χ3n) is 4.16. The molecule has 0 bridgehead atoms. The van der Waals surface area contributed by atoms with Crippen molar-refractivity contribution in [3.8, 4) is 0 Å². The van der Waals surface area contributed by atoms with Gasteiger partial charge in [-0.2, -0.15) is 4.98 Å². The molecule has 2 aliphatic heterocycles. The van der Waals surface area contributed by atoms with E-state index in [-0.39, 0.29) is 18.9 Å². The highest BCUT2D eigenvalue weighted by Gasteiger charge is 2.32. The Bertz CT molecular complexity index is 494. The number of alkyl halides is 2. The molecule has 1 aromatic heterocycles. The Morgan fingerprint density at radius 1 is 1.27 bits per heavy atom. The molecule has 0 aromatic carbocycles. The highest BCUT2D eigenvalue weighted by molar-refractivity contribution is 5.42. The number of rotatable bonds is 3. The van der Waals surface area contributed by atoms with Crippen LogP contribution in [0.4, 0.5) is 20.5 Å². The van der Waals surface area contributed by atoms with Crippen LogP contribution in [0.3, 0.4) is 0 Å². The molecule has 0 amide bonds. The number of anilines is 2. The van der Waals surface area contributed by atoms with E-state index in [1.165, 1.54) is 0 Å². The Morgan fingerprint density at radius 2 is 2.18 bits per heavy atom. The lowest BCUT2D eigenvalue weighted by Crippen LogP contribution is -2.31. The average molecular weight is 312 g/mol. The van der Waals surface area contributed by atoms with Gasteiger partial charge in [0.05, 0.1) is 12.6 Å². The van der Waals surface area contributed by atoms with E-state index in [0.29, 0.717) is 32.1 Å². The summed E-state index contributed by atoms with van der Waals surface area (Å²) < 4.78 is 32.3. The fourth-order valence-corrected chi connectivity index (χ4v) is 2.91. The van der Waals surface area contributed by atoms with Crippen molar-refractivity contribution in [3.05, 3.63) is 12.3 Å². The molecule has 0 radical (unpaired) electrons. The van der Waals surface area contributed by atoms with Gasteiger partial charge >= 0.3 is 0 Å². The molecule has 0 spiro atoms. The minimum Gasteiger partial charge on any atom is -0.379 e. The number of nitrogens with one attached hydrogen (secondary N) is 1. The van der Waals surface area contributed by atoms with E-state index in [1.807, 2.05) is 11.0 Å². The third kappa shape index (κ3) is 4.03. The van der Waals surface area contributed by atoms with E-state index in [4.69, 9.17) is 4.74 Å². The van der Waals surface area contributed by atoms with Crippen molar-refractivity contribution >= 4 is 11.8 Å². The Labute approximate surface area is 129 Å². The second kappa shape index (κ2) is 6.73. The fraction of sp³-hybridized carbons (Fsp3) is 0.733. The minimum absolute atomic E-state index is 0.0547. The van der Waals surface area contributed by atoms with Crippen molar-refractivity contribution < 1.29 is 13.5 Å². The Balaban J connectivity index is 1.65. The van der Waals surface area contributed by atoms with Crippen LogP contribution >= 0.6 is 0 Å². The van der Waals surface area contributed by atoms with E-state index in [0.717, 1.165) is 25.3 Å². The smallest absolute Gasteiger partial charge is 0.249 e. The summed E-state index contributed by atoms with van der Waals surface area (Å²) in [6.07, 6.45) is 4.04. The molecule has 7 heteroatoms. The summed E-state index contributed by atoms with van der Waals surface area (Å²) in [6.45, 7) is 2.36. The molecule has 2 fully saturated rings. The zero-order valence-corrected chi connectivity index (χ0v) is 12.6. The average Bonchev–Trinajstić information content (AvgIpc) is 2.69. The maximum absolute atomic E-state index is 13.4. The highest BCUT2D eigenvalue weighted by atomic mass is 19.3. The lowest BCUT2D eigenvalue weighted by atomic mass is 10.1. The molecule has 0 saturated carbocycles. The van der Waals surface area contributed by atoms with Gasteiger partial charge in [0.1, 0.15) is 5.82 Å². The van der Waals surface area contributed by atoms with Crippen molar-refractivity contribution in [2.24, 2.45) is 0 Å². The predicted molar refractivity (Wildman–Crippen MR) is 80.5 cm³/mol.